The van der Waals surface area contributed by atoms with Gasteiger partial charge in [0.1, 0.15) is 0 Å². The molecule has 116 valence electrons. The summed E-state index contributed by atoms with van der Waals surface area (Å²) in [6.45, 7) is 8.23. The van der Waals surface area contributed by atoms with Gasteiger partial charge >= 0.3 is 0 Å². The summed E-state index contributed by atoms with van der Waals surface area (Å²) in [5.74, 6) is 1.04. The van der Waals surface area contributed by atoms with Crippen LogP contribution in [0.5, 0.6) is 0 Å². The topological polar surface area (TPSA) is 58.4 Å². The summed E-state index contributed by atoms with van der Waals surface area (Å²) in [5.41, 5.74) is 6.90. The average Bonchev–Trinajstić information content (AvgIpc) is 2.41. The highest BCUT2D eigenvalue weighted by Crippen LogP contribution is 2.30. The maximum atomic E-state index is 12.4. The summed E-state index contributed by atoms with van der Waals surface area (Å²) in [5, 5.41) is 3.40. The van der Waals surface area contributed by atoms with E-state index >= 15 is 0 Å². The Kier molecular flexibility index (Phi) is 5.07. The third kappa shape index (κ3) is 4.28. The summed E-state index contributed by atoms with van der Waals surface area (Å²) in [7, 11) is 0. The molecule has 1 heterocycles. The predicted molar refractivity (Wildman–Crippen MR) is 92.1 cm³/mol. The minimum atomic E-state index is -0.165. The van der Waals surface area contributed by atoms with Crippen molar-refractivity contribution in [2.24, 2.45) is 0 Å². The molecule has 0 bridgehead atoms. The Morgan fingerprint density at radius 3 is 2.86 bits per heavy atom. The van der Waals surface area contributed by atoms with Crippen LogP contribution in [0.4, 0.5) is 11.4 Å². The van der Waals surface area contributed by atoms with Gasteiger partial charge in [-0.2, -0.15) is 11.8 Å². The molecule has 21 heavy (non-hydrogen) atoms. The normalized spacial score (nSPS) is 20.0. The van der Waals surface area contributed by atoms with Crippen molar-refractivity contribution < 1.29 is 4.79 Å². The number of amides is 1. The smallest absolute Gasteiger partial charge is 0.241 e. The van der Waals surface area contributed by atoms with Gasteiger partial charge in [0.25, 0.3) is 0 Å². The van der Waals surface area contributed by atoms with Crippen LogP contribution in [0.2, 0.25) is 5.02 Å². The van der Waals surface area contributed by atoms with Gasteiger partial charge in [0.15, 0.2) is 0 Å². The van der Waals surface area contributed by atoms with Crippen LogP contribution >= 0.6 is 23.4 Å². The zero-order chi connectivity index (χ0) is 15.6. The van der Waals surface area contributed by atoms with Crippen molar-refractivity contribution in [2.75, 3.05) is 29.9 Å². The zero-order valence-corrected chi connectivity index (χ0v) is 14.2. The molecule has 6 heteroatoms. The number of carbonyl (C=O) groups excluding carboxylic acids is 1. The predicted octanol–water partition coefficient (Wildman–Crippen LogP) is 3.08. The van der Waals surface area contributed by atoms with Crippen molar-refractivity contribution in [3.05, 3.63) is 23.2 Å². The Hall–Kier alpha value is -0.910. The largest absolute Gasteiger partial charge is 0.397 e. The van der Waals surface area contributed by atoms with E-state index in [9.17, 15) is 4.79 Å². The fourth-order valence-electron chi connectivity index (χ4n) is 2.42. The monoisotopic (exact) mass is 327 g/mol. The molecule has 1 aliphatic heterocycles. The quantitative estimate of drug-likeness (QED) is 0.838. The number of rotatable bonds is 3. The number of nitrogen functional groups attached to an aromatic ring is 1. The van der Waals surface area contributed by atoms with E-state index in [0.29, 0.717) is 16.4 Å². The highest BCUT2D eigenvalue weighted by atomic mass is 35.5. The summed E-state index contributed by atoms with van der Waals surface area (Å²) < 4.78 is 0.192. The Morgan fingerprint density at radius 2 is 2.24 bits per heavy atom. The maximum Gasteiger partial charge on any atom is 0.241 e. The van der Waals surface area contributed by atoms with Gasteiger partial charge in [0, 0.05) is 29.3 Å². The van der Waals surface area contributed by atoms with Crippen molar-refractivity contribution >= 4 is 40.6 Å². The molecule has 3 N–H and O–H groups in total. The molecule has 1 unspecified atom stereocenters. The first-order valence-electron chi connectivity index (χ1n) is 7.02. The third-order valence-corrected chi connectivity index (χ3v) is 5.29. The first-order chi connectivity index (χ1) is 9.78. The van der Waals surface area contributed by atoms with Crippen LogP contribution < -0.4 is 11.1 Å². The minimum Gasteiger partial charge on any atom is -0.397 e. The van der Waals surface area contributed by atoms with Gasteiger partial charge in [-0.1, -0.05) is 11.6 Å². The van der Waals surface area contributed by atoms with Crippen molar-refractivity contribution in [3.8, 4) is 0 Å². The number of hydrogen-bond acceptors (Lipinski definition) is 4. The second kappa shape index (κ2) is 6.46. The van der Waals surface area contributed by atoms with E-state index in [1.165, 1.54) is 0 Å². The number of anilines is 2. The molecule has 4 nitrogen and oxygen atoms in total. The maximum absolute atomic E-state index is 12.4. The van der Waals surface area contributed by atoms with Crippen LogP contribution in [0.1, 0.15) is 20.8 Å². The van der Waals surface area contributed by atoms with Crippen LogP contribution in [0, 0.1) is 0 Å². The molecular weight excluding hydrogens is 306 g/mol. The number of nitrogens with two attached hydrogens (primary N) is 1. The molecule has 0 radical (unpaired) electrons. The number of thioether (sulfide) groups is 1. The van der Waals surface area contributed by atoms with Crippen molar-refractivity contribution in [1.82, 2.24) is 4.90 Å². The summed E-state index contributed by atoms with van der Waals surface area (Å²) >= 11 is 7.84. The molecule has 0 spiro atoms. The van der Waals surface area contributed by atoms with Gasteiger partial charge in [-0.3, -0.25) is 9.69 Å². The summed E-state index contributed by atoms with van der Waals surface area (Å²) in [6.07, 6.45) is 0. The number of benzene rings is 1. The van der Waals surface area contributed by atoms with E-state index in [2.05, 4.69) is 24.1 Å². The number of carbonyl (C=O) groups is 1. The number of hydrogen-bond donors (Lipinski definition) is 2. The Morgan fingerprint density at radius 1 is 1.52 bits per heavy atom. The van der Waals surface area contributed by atoms with E-state index in [-0.39, 0.29) is 16.7 Å². The van der Waals surface area contributed by atoms with Crippen LogP contribution in [0.3, 0.4) is 0 Å². The minimum absolute atomic E-state index is 0.0144. The molecule has 1 atom stereocenters. The average molecular weight is 328 g/mol. The molecule has 0 aliphatic carbocycles. The van der Waals surface area contributed by atoms with Gasteiger partial charge in [0.05, 0.1) is 16.8 Å². The standard InChI is InChI=1S/C15H22ClN3OS/c1-10(19-6-7-21-15(2,3)9-19)14(20)18-11-4-5-12(16)13(17)8-11/h4-5,8,10H,6-7,9,17H2,1-3H3,(H,18,20). The molecule has 2 rings (SSSR count). The molecule has 1 aromatic rings. The van der Waals surface area contributed by atoms with E-state index in [1.807, 2.05) is 18.7 Å². The molecule has 1 saturated heterocycles. The van der Waals surface area contributed by atoms with Crippen molar-refractivity contribution in [2.45, 2.75) is 31.6 Å². The highest BCUT2D eigenvalue weighted by Gasteiger charge is 2.32. The lowest BCUT2D eigenvalue weighted by Gasteiger charge is -2.40. The van der Waals surface area contributed by atoms with E-state index in [0.717, 1.165) is 18.8 Å². The fraction of sp³-hybridized carbons (Fsp3) is 0.533. The lowest BCUT2D eigenvalue weighted by molar-refractivity contribution is -0.120. The van der Waals surface area contributed by atoms with E-state index in [1.54, 1.807) is 18.2 Å². The first kappa shape index (κ1) is 16.5. The molecular formula is C15H22ClN3OS. The highest BCUT2D eigenvalue weighted by molar-refractivity contribution is 8.00. The molecule has 1 aliphatic rings. The number of nitrogens with one attached hydrogen (secondary N) is 1. The molecule has 1 fully saturated rings. The third-order valence-electron chi connectivity index (χ3n) is 3.65. The van der Waals surface area contributed by atoms with Crippen molar-refractivity contribution in [3.63, 3.8) is 0 Å². The molecule has 1 aromatic carbocycles. The van der Waals surface area contributed by atoms with Crippen molar-refractivity contribution in [1.29, 1.82) is 0 Å². The van der Waals surface area contributed by atoms with Gasteiger partial charge in [-0.15, -0.1) is 0 Å². The van der Waals surface area contributed by atoms with Crippen LogP contribution in [-0.4, -0.2) is 40.4 Å². The van der Waals surface area contributed by atoms with Gasteiger partial charge in [0.2, 0.25) is 5.91 Å². The molecule has 0 aromatic heterocycles. The van der Waals surface area contributed by atoms with E-state index in [4.69, 9.17) is 17.3 Å². The fourth-order valence-corrected chi connectivity index (χ4v) is 3.67. The Bertz CT molecular complexity index is 536. The molecule has 0 saturated carbocycles. The lowest BCUT2D eigenvalue weighted by Crippen LogP contribution is -2.51. The van der Waals surface area contributed by atoms with E-state index < -0.39 is 0 Å². The number of nitrogens with zero attached hydrogens (tertiary/aromatic N) is 1. The second-order valence-electron chi connectivity index (χ2n) is 5.98. The SMILES string of the molecule is CC(C(=O)Nc1ccc(Cl)c(N)c1)N1CCSC(C)(C)C1. The van der Waals surface area contributed by atoms with Crippen LogP contribution in [0.15, 0.2) is 18.2 Å². The van der Waals surface area contributed by atoms with Crippen LogP contribution in [-0.2, 0) is 4.79 Å². The Balaban J connectivity index is 2.00. The zero-order valence-electron chi connectivity index (χ0n) is 12.6. The summed E-state index contributed by atoms with van der Waals surface area (Å²) in [4.78, 5) is 14.6. The van der Waals surface area contributed by atoms with Gasteiger partial charge < -0.3 is 11.1 Å². The van der Waals surface area contributed by atoms with Gasteiger partial charge in [-0.25, -0.2) is 0 Å². The second-order valence-corrected chi connectivity index (χ2v) is 8.19. The Labute approximate surface area is 135 Å². The van der Waals surface area contributed by atoms with Gasteiger partial charge in [-0.05, 0) is 39.0 Å². The first-order valence-corrected chi connectivity index (χ1v) is 8.39. The molecule has 1 amide bonds. The number of halogens is 1. The van der Waals surface area contributed by atoms with Crippen LogP contribution in [0.25, 0.3) is 0 Å². The summed E-state index contributed by atoms with van der Waals surface area (Å²) in [6, 6.07) is 4.97. The lowest BCUT2D eigenvalue weighted by atomic mass is 10.1.